The number of sulfonamides is 1. The van der Waals surface area contributed by atoms with E-state index in [1.165, 1.54) is 19.4 Å². The second-order valence-electron chi connectivity index (χ2n) is 3.12. The van der Waals surface area contributed by atoms with Crippen molar-refractivity contribution in [2.75, 3.05) is 7.05 Å². The predicted molar refractivity (Wildman–Crippen MR) is 83.1 cm³/mol. The summed E-state index contributed by atoms with van der Waals surface area (Å²) in [6.45, 7) is 0. The quantitative estimate of drug-likeness (QED) is 0.690. The second-order valence-corrected chi connectivity index (χ2v) is 7.02. The molecule has 0 amide bonds. The molecule has 0 saturated heterocycles. The number of nitrogens with zero attached hydrogens (tertiary/aromatic N) is 3. The van der Waals surface area contributed by atoms with Gasteiger partial charge in [-0.3, -0.25) is 0 Å². The second kappa shape index (κ2) is 7.88. The van der Waals surface area contributed by atoms with Crippen LogP contribution in [0.15, 0.2) is 39.0 Å². The minimum Gasteiger partial charge on any atom is -0.349 e. The molecule has 2 aromatic heterocycles. The number of nitrogens with one attached hydrogen (secondary N) is 2. The maximum Gasteiger partial charge on any atom is 0.259 e. The van der Waals surface area contributed by atoms with Crippen molar-refractivity contribution >= 4 is 54.1 Å². The zero-order valence-electron chi connectivity index (χ0n) is 10.0. The van der Waals surface area contributed by atoms with Gasteiger partial charge in [-0.05, 0) is 38.9 Å². The van der Waals surface area contributed by atoms with Gasteiger partial charge in [0.05, 0.1) is 18.6 Å². The molecule has 2 heterocycles. The van der Waals surface area contributed by atoms with Crippen molar-refractivity contribution in [2.45, 2.75) is 5.03 Å². The van der Waals surface area contributed by atoms with Crippen LogP contribution >= 0.6 is 44.1 Å². The summed E-state index contributed by atoms with van der Waals surface area (Å²) in [5, 5.41) is -0.0896. The highest BCUT2D eigenvalue weighted by Gasteiger charge is 2.12. The first-order valence-electron chi connectivity index (χ1n) is 4.96. The Labute approximate surface area is 137 Å². The molecule has 0 aliphatic rings. The van der Waals surface area contributed by atoms with Crippen molar-refractivity contribution in [3.63, 3.8) is 0 Å². The molecule has 0 radical (unpaired) electrons. The number of halogens is 2. The highest BCUT2D eigenvalue weighted by atomic mass is 79.9. The van der Waals surface area contributed by atoms with Gasteiger partial charge in [0.15, 0.2) is 5.03 Å². The number of hydrogen-bond acceptors (Lipinski definition) is 6. The monoisotopic (exact) mass is 441 g/mol. The Morgan fingerprint density at radius 1 is 1.15 bits per heavy atom. The van der Waals surface area contributed by atoms with Crippen LogP contribution < -0.4 is 4.72 Å². The van der Waals surface area contributed by atoms with Crippen LogP contribution in [0.25, 0.3) is 0 Å². The standard InChI is InChI=1S/C5H6BrN3O2S.C4H3BrN2S/c1-7-12(10,11)5-3-8-4(6)2-9-5;5-3-1-7-4(8)2-6-3/h2-3,7H,1H3;1-2H,(H,7,8). The minimum absolute atomic E-state index is 0.0896. The van der Waals surface area contributed by atoms with E-state index >= 15 is 0 Å². The molecule has 0 atom stereocenters. The molecule has 108 valence electrons. The van der Waals surface area contributed by atoms with Crippen molar-refractivity contribution in [1.82, 2.24) is 24.7 Å². The lowest BCUT2D eigenvalue weighted by Crippen LogP contribution is -2.19. The van der Waals surface area contributed by atoms with E-state index in [4.69, 9.17) is 12.2 Å². The van der Waals surface area contributed by atoms with Crippen LogP contribution in [0.3, 0.4) is 0 Å². The van der Waals surface area contributed by atoms with Gasteiger partial charge in [-0.15, -0.1) is 0 Å². The van der Waals surface area contributed by atoms with Gasteiger partial charge >= 0.3 is 0 Å². The van der Waals surface area contributed by atoms with Gasteiger partial charge in [0.1, 0.15) is 13.8 Å². The third-order valence-electron chi connectivity index (χ3n) is 1.78. The zero-order valence-corrected chi connectivity index (χ0v) is 14.8. The smallest absolute Gasteiger partial charge is 0.259 e. The molecule has 2 N–H and O–H groups in total. The Hall–Kier alpha value is -0.750. The molecule has 0 aromatic carbocycles. The third kappa shape index (κ3) is 5.71. The molecule has 2 rings (SSSR count). The zero-order chi connectivity index (χ0) is 15.2. The summed E-state index contributed by atoms with van der Waals surface area (Å²) in [5.74, 6) is 0. The number of hydrogen-bond donors (Lipinski definition) is 2. The number of aromatic amines is 1. The van der Waals surface area contributed by atoms with Gasteiger partial charge in [-0.1, -0.05) is 12.2 Å². The molecule has 0 unspecified atom stereocenters. The summed E-state index contributed by atoms with van der Waals surface area (Å²) in [7, 11) is -2.14. The molecular formula is C9H9Br2N5O2S2. The average molecular weight is 443 g/mol. The molecule has 0 spiro atoms. The average Bonchev–Trinajstić information content (AvgIpc) is 2.43. The highest BCUT2D eigenvalue weighted by molar-refractivity contribution is 9.10. The fourth-order valence-electron chi connectivity index (χ4n) is 0.869. The molecule has 0 bridgehead atoms. The lowest BCUT2D eigenvalue weighted by atomic mass is 10.8. The lowest BCUT2D eigenvalue weighted by Gasteiger charge is -1.99. The number of H-pyrrole nitrogens is 1. The van der Waals surface area contributed by atoms with Crippen molar-refractivity contribution in [3.8, 4) is 0 Å². The van der Waals surface area contributed by atoms with Crippen LogP contribution in [0.5, 0.6) is 0 Å². The summed E-state index contributed by atoms with van der Waals surface area (Å²) in [6, 6.07) is 0. The molecule has 0 aliphatic heterocycles. The van der Waals surface area contributed by atoms with Gasteiger partial charge in [0, 0.05) is 6.20 Å². The summed E-state index contributed by atoms with van der Waals surface area (Å²) < 4.78 is 26.2. The van der Waals surface area contributed by atoms with Crippen LogP contribution in [0.4, 0.5) is 0 Å². The van der Waals surface area contributed by atoms with Crippen LogP contribution in [0, 0.1) is 4.64 Å². The van der Waals surface area contributed by atoms with Gasteiger partial charge < -0.3 is 4.98 Å². The Morgan fingerprint density at radius 3 is 2.20 bits per heavy atom. The van der Waals surface area contributed by atoms with Crippen molar-refractivity contribution in [3.05, 3.63) is 38.6 Å². The summed E-state index contributed by atoms with van der Waals surface area (Å²) in [6.07, 6.45) is 5.78. The van der Waals surface area contributed by atoms with Crippen molar-refractivity contribution in [1.29, 1.82) is 0 Å². The Morgan fingerprint density at radius 2 is 1.80 bits per heavy atom. The van der Waals surface area contributed by atoms with E-state index in [2.05, 4.69) is 56.5 Å². The first-order valence-corrected chi connectivity index (χ1v) is 8.44. The van der Waals surface area contributed by atoms with Crippen LogP contribution in [0.2, 0.25) is 0 Å². The summed E-state index contributed by atoms with van der Waals surface area (Å²) in [4.78, 5) is 14.1. The minimum atomic E-state index is -3.46. The first-order chi connectivity index (χ1) is 9.35. The van der Waals surface area contributed by atoms with E-state index in [0.29, 0.717) is 9.24 Å². The Balaban J connectivity index is 0.000000217. The summed E-state index contributed by atoms with van der Waals surface area (Å²) in [5.41, 5.74) is 0. The number of rotatable bonds is 2. The van der Waals surface area contributed by atoms with Gasteiger partial charge in [-0.2, -0.15) is 0 Å². The molecule has 0 aliphatic carbocycles. The van der Waals surface area contributed by atoms with Crippen LogP contribution in [-0.4, -0.2) is 35.4 Å². The maximum absolute atomic E-state index is 11.1. The number of aromatic nitrogens is 4. The van der Waals surface area contributed by atoms with E-state index in [0.717, 1.165) is 4.60 Å². The fraction of sp³-hybridized carbons (Fsp3) is 0.111. The predicted octanol–water partition coefficient (Wildman–Crippen LogP) is 2.05. The molecular weight excluding hydrogens is 434 g/mol. The van der Waals surface area contributed by atoms with Crippen LogP contribution in [-0.2, 0) is 10.0 Å². The van der Waals surface area contributed by atoms with Crippen molar-refractivity contribution in [2.24, 2.45) is 0 Å². The Bertz CT molecular complexity index is 697. The summed E-state index contributed by atoms with van der Waals surface area (Å²) >= 11 is 10.9. The normalized spacial score (nSPS) is 10.6. The highest BCUT2D eigenvalue weighted by Crippen LogP contribution is 2.06. The maximum atomic E-state index is 11.1. The van der Waals surface area contributed by atoms with Crippen molar-refractivity contribution < 1.29 is 8.42 Å². The third-order valence-corrected chi connectivity index (χ3v) is 4.14. The van der Waals surface area contributed by atoms with E-state index < -0.39 is 10.0 Å². The topological polar surface area (TPSA) is 101 Å². The van der Waals surface area contributed by atoms with Gasteiger partial charge in [0.25, 0.3) is 10.0 Å². The fourth-order valence-corrected chi connectivity index (χ4v) is 1.99. The molecule has 7 nitrogen and oxygen atoms in total. The molecule has 20 heavy (non-hydrogen) atoms. The van der Waals surface area contributed by atoms with E-state index in [1.54, 1.807) is 12.4 Å². The SMILES string of the molecule is CNS(=O)(=O)c1cnc(Br)cn1.S=c1cnc(Br)c[nH]1. The molecule has 11 heteroatoms. The Kier molecular flexibility index (Phi) is 6.82. The lowest BCUT2D eigenvalue weighted by molar-refractivity contribution is 0.583. The largest absolute Gasteiger partial charge is 0.349 e. The van der Waals surface area contributed by atoms with Gasteiger partial charge in [-0.25, -0.2) is 28.1 Å². The van der Waals surface area contributed by atoms with E-state index in [1.807, 2.05) is 0 Å². The van der Waals surface area contributed by atoms with E-state index in [9.17, 15) is 8.42 Å². The molecule has 2 aromatic rings. The molecule has 0 saturated carbocycles. The van der Waals surface area contributed by atoms with Gasteiger partial charge in [0.2, 0.25) is 0 Å². The molecule has 0 fully saturated rings. The van der Waals surface area contributed by atoms with Crippen LogP contribution in [0.1, 0.15) is 0 Å². The first kappa shape index (κ1) is 17.3. The van der Waals surface area contributed by atoms with E-state index in [-0.39, 0.29) is 5.03 Å².